The summed E-state index contributed by atoms with van der Waals surface area (Å²) in [5.74, 6) is -1.70. The SMILES string of the molecule is CC(=O)C[C@]1(c2ccc(F)cc2)CCN([C@@H](C)c2ccc(-c3ccc(F)cc3F)cc2)C(=O)C1. The fraction of sp³-hybridized carbons (Fsp3) is 0.286. The average Bonchev–Trinajstić information content (AvgIpc) is 2.79. The highest BCUT2D eigenvalue weighted by Crippen LogP contribution is 2.41. The fourth-order valence-corrected chi connectivity index (χ4v) is 4.97. The van der Waals surface area contributed by atoms with E-state index in [1.807, 2.05) is 19.1 Å². The Bertz CT molecular complexity index is 1210. The Labute approximate surface area is 197 Å². The number of benzene rings is 3. The van der Waals surface area contributed by atoms with Crippen LogP contribution in [0, 0.1) is 17.5 Å². The van der Waals surface area contributed by atoms with Gasteiger partial charge in [0.2, 0.25) is 5.91 Å². The third-order valence-electron chi connectivity index (χ3n) is 6.79. The zero-order chi connectivity index (χ0) is 24.5. The molecule has 0 spiro atoms. The first-order valence-corrected chi connectivity index (χ1v) is 11.3. The molecule has 176 valence electrons. The second-order valence-electron chi connectivity index (χ2n) is 9.10. The normalized spacial score (nSPS) is 19.2. The van der Waals surface area contributed by atoms with E-state index < -0.39 is 17.0 Å². The maximum atomic E-state index is 14.1. The summed E-state index contributed by atoms with van der Waals surface area (Å²) in [5.41, 5.74) is 1.98. The fourth-order valence-electron chi connectivity index (χ4n) is 4.97. The molecule has 4 rings (SSSR count). The molecule has 2 atom stereocenters. The van der Waals surface area contributed by atoms with Crippen LogP contribution in [-0.4, -0.2) is 23.1 Å². The summed E-state index contributed by atoms with van der Waals surface area (Å²) in [5, 5.41) is 0. The Hall–Kier alpha value is -3.41. The first-order chi connectivity index (χ1) is 16.2. The molecule has 1 aliphatic rings. The third-order valence-corrected chi connectivity index (χ3v) is 6.79. The van der Waals surface area contributed by atoms with E-state index in [2.05, 4.69) is 0 Å². The van der Waals surface area contributed by atoms with Gasteiger partial charge in [-0.1, -0.05) is 36.4 Å². The van der Waals surface area contributed by atoms with E-state index in [1.54, 1.807) is 29.2 Å². The highest BCUT2D eigenvalue weighted by Gasteiger charge is 2.42. The lowest BCUT2D eigenvalue weighted by molar-refractivity contribution is -0.139. The molecule has 0 saturated carbocycles. The minimum atomic E-state index is -0.642. The topological polar surface area (TPSA) is 37.4 Å². The van der Waals surface area contributed by atoms with Crippen molar-refractivity contribution in [3.8, 4) is 11.1 Å². The largest absolute Gasteiger partial charge is 0.336 e. The lowest BCUT2D eigenvalue weighted by Crippen LogP contribution is -2.48. The van der Waals surface area contributed by atoms with Gasteiger partial charge in [-0.05, 0) is 61.2 Å². The van der Waals surface area contributed by atoms with Crippen LogP contribution >= 0.6 is 0 Å². The average molecular weight is 466 g/mol. The van der Waals surface area contributed by atoms with Crippen LogP contribution in [0.25, 0.3) is 11.1 Å². The van der Waals surface area contributed by atoms with E-state index in [4.69, 9.17) is 0 Å². The van der Waals surface area contributed by atoms with Gasteiger partial charge < -0.3 is 4.90 Å². The van der Waals surface area contributed by atoms with Crippen molar-refractivity contribution in [3.63, 3.8) is 0 Å². The van der Waals surface area contributed by atoms with Crippen LogP contribution in [-0.2, 0) is 15.0 Å². The van der Waals surface area contributed by atoms with Crippen molar-refractivity contribution in [1.29, 1.82) is 0 Å². The Morgan fingerprint density at radius 2 is 1.62 bits per heavy atom. The number of carbonyl (C=O) groups excluding carboxylic acids is 2. The van der Waals surface area contributed by atoms with Crippen LogP contribution in [0.5, 0.6) is 0 Å². The number of nitrogens with zero attached hydrogens (tertiary/aromatic N) is 1. The van der Waals surface area contributed by atoms with Gasteiger partial charge in [0, 0.05) is 36.4 Å². The molecule has 1 amide bonds. The van der Waals surface area contributed by atoms with Gasteiger partial charge in [-0.15, -0.1) is 0 Å². The summed E-state index contributed by atoms with van der Waals surface area (Å²) in [6.45, 7) is 3.90. The van der Waals surface area contributed by atoms with E-state index in [-0.39, 0.29) is 36.4 Å². The van der Waals surface area contributed by atoms with Crippen molar-refractivity contribution in [2.24, 2.45) is 0 Å². The van der Waals surface area contributed by atoms with Gasteiger partial charge in [-0.25, -0.2) is 13.2 Å². The summed E-state index contributed by atoms with van der Waals surface area (Å²) in [6.07, 6.45) is 0.985. The van der Waals surface area contributed by atoms with Gasteiger partial charge >= 0.3 is 0 Å². The Kier molecular flexibility index (Phi) is 6.60. The van der Waals surface area contributed by atoms with Crippen molar-refractivity contribution in [3.05, 3.63) is 95.3 Å². The molecule has 1 heterocycles. The molecule has 3 nitrogen and oxygen atoms in total. The summed E-state index contributed by atoms with van der Waals surface area (Å²) in [4.78, 5) is 27.1. The Morgan fingerprint density at radius 1 is 0.971 bits per heavy atom. The van der Waals surface area contributed by atoms with Crippen LogP contribution in [0.4, 0.5) is 13.2 Å². The molecular formula is C28H26F3NO2. The molecule has 0 radical (unpaired) electrons. The van der Waals surface area contributed by atoms with Crippen molar-refractivity contribution in [2.45, 2.75) is 44.6 Å². The Morgan fingerprint density at radius 3 is 2.21 bits per heavy atom. The number of ketones is 1. The number of hydrogen-bond donors (Lipinski definition) is 0. The van der Waals surface area contributed by atoms with Crippen LogP contribution < -0.4 is 0 Å². The quantitative estimate of drug-likeness (QED) is 0.424. The van der Waals surface area contributed by atoms with Crippen LogP contribution in [0.3, 0.4) is 0 Å². The molecule has 6 heteroatoms. The molecule has 0 unspecified atom stereocenters. The number of halogens is 3. The zero-order valence-corrected chi connectivity index (χ0v) is 19.2. The minimum absolute atomic E-state index is 0.0118. The molecule has 0 aromatic heterocycles. The number of rotatable bonds is 6. The number of amides is 1. The van der Waals surface area contributed by atoms with Crippen molar-refractivity contribution < 1.29 is 22.8 Å². The maximum absolute atomic E-state index is 14.1. The first-order valence-electron chi connectivity index (χ1n) is 11.3. The van der Waals surface area contributed by atoms with Gasteiger partial charge in [0.1, 0.15) is 23.2 Å². The van der Waals surface area contributed by atoms with Crippen molar-refractivity contribution in [1.82, 2.24) is 4.90 Å². The molecule has 3 aromatic carbocycles. The lowest BCUT2D eigenvalue weighted by Gasteiger charge is -2.43. The van der Waals surface area contributed by atoms with Crippen LogP contribution in [0.1, 0.15) is 50.3 Å². The number of hydrogen-bond acceptors (Lipinski definition) is 2. The molecule has 1 fully saturated rings. The summed E-state index contributed by atoms with van der Waals surface area (Å²) in [6, 6.07) is 16.5. The lowest BCUT2D eigenvalue weighted by atomic mass is 9.69. The number of likely N-dealkylation sites (tertiary alicyclic amines) is 1. The van der Waals surface area contributed by atoms with Gasteiger partial charge in [0.15, 0.2) is 0 Å². The highest BCUT2D eigenvalue weighted by molar-refractivity contribution is 5.83. The number of piperidine rings is 1. The zero-order valence-electron chi connectivity index (χ0n) is 19.2. The Balaban J connectivity index is 1.54. The van der Waals surface area contributed by atoms with E-state index in [9.17, 15) is 22.8 Å². The molecule has 0 N–H and O–H groups in total. The predicted octanol–water partition coefficient (Wildman–Crippen LogP) is 6.37. The second-order valence-corrected chi connectivity index (χ2v) is 9.10. The smallest absolute Gasteiger partial charge is 0.223 e. The van der Waals surface area contributed by atoms with Gasteiger partial charge in [-0.3, -0.25) is 9.59 Å². The van der Waals surface area contributed by atoms with E-state index in [1.165, 1.54) is 31.2 Å². The van der Waals surface area contributed by atoms with E-state index in [0.29, 0.717) is 24.1 Å². The summed E-state index contributed by atoms with van der Waals surface area (Å²) in [7, 11) is 0. The highest BCUT2D eigenvalue weighted by atomic mass is 19.1. The summed E-state index contributed by atoms with van der Waals surface area (Å²) < 4.78 is 40.8. The molecule has 1 aliphatic heterocycles. The van der Waals surface area contributed by atoms with E-state index in [0.717, 1.165) is 17.2 Å². The molecule has 0 bridgehead atoms. The molecular weight excluding hydrogens is 439 g/mol. The predicted molar refractivity (Wildman–Crippen MR) is 125 cm³/mol. The molecule has 3 aromatic rings. The molecule has 0 aliphatic carbocycles. The van der Waals surface area contributed by atoms with Gasteiger partial charge in [0.05, 0.1) is 6.04 Å². The molecule has 34 heavy (non-hydrogen) atoms. The first kappa shape index (κ1) is 23.7. The van der Waals surface area contributed by atoms with Crippen LogP contribution in [0.15, 0.2) is 66.7 Å². The molecule has 1 saturated heterocycles. The van der Waals surface area contributed by atoms with Crippen molar-refractivity contribution in [2.75, 3.05) is 6.54 Å². The maximum Gasteiger partial charge on any atom is 0.223 e. The third kappa shape index (κ3) is 4.76. The standard InChI is InChI=1S/C28H26F3NO2/c1-18(33)16-28(22-7-9-23(29)10-8-22)13-14-32(27(34)17-28)19(2)20-3-5-21(6-4-20)25-12-11-24(30)15-26(25)31/h3-12,15,19H,13-14,16-17H2,1-2H3/t19-,28+/m0/s1. The van der Waals surface area contributed by atoms with Crippen LogP contribution in [0.2, 0.25) is 0 Å². The minimum Gasteiger partial charge on any atom is -0.336 e. The summed E-state index contributed by atoms with van der Waals surface area (Å²) >= 11 is 0. The monoisotopic (exact) mass is 465 g/mol. The second kappa shape index (κ2) is 9.45. The van der Waals surface area contributed by atoms with E-state index >= 15 is 0 Å². The van der Waals surface area contributed by atoms with Gasteiger partial charge in [0.25, 0.3) is 0 Å². The number of carbonyl (C=O) groups is 2. The number of Topliss-reactive ketones (excluding diaryl/α,β-unsaturated/α-hetero) is 1. The van der Waals surface area contributed by atoms with Gasteiger partial charge in [-0.2, -0.15) is 0 Å². The van der Waals surface area contributed by atoms with Crippen molar-refractivity contribution >= 4 is 11.7 Å².